The smallest absolute Gasteiger partial charge is 0.308 e. The summed E-state index contributed by atoms with van der Waals surface area (Å²) < 4.78 is 19.4. The summed E-state index contributed by atoms with van der Waals surface area (Å²) in [6.07, 6.45) is 4.44. The second-order valence-corrected chi connectivity index (χ2v) is 8.61. The first kappa shape index (κ1) is 19.5. The van der Waals surface area contributed by atoms with Gasteiger partial charge in [0.15, 0.2) is 5.78 Å². The Kier molecular flexibility index (Phi) is 5.27. The number of hydrogen-bond donors (Lipinski definition) is 1. The number of ketones is 1. The van der Waals surface area contributed by atoms with Crippen LogP contribution in [0.25, 0.3) is 0 Å². The normalized spacial score (nSPS) is 34.1. The summed E-state index contributed by atoms with van der Waals surface area (Å²) in [5.41, 5.74) is 0.285. The number of Topliss-reactive ketones (excluding diaryl/α,β-unsaturated/α-hetero) is 1. The van der Waals surface area contributed by atoms with Gasteiger partial charge in [0.1, 0.15) is 11.4 Å². The molecule has 0 amide bonds. The first-order chi connectivity index (χ1) is 13.4. The average molecular weight is 389 g/mol. The molecule has 2 saturated heterocycles. The van der Waals surface area contributed by atoms with Crippen molar-refractivity contribution >= 4 is 11.8 Å². The van der Waals surface area contributed by atoms with Crippen LogP contribution >= 0.6 is 0 Å². The Balaban J connectivity index is 1.43. The standard InChI is InChI=1S/C22H28FNO4/c1-14(25)22(16-4-5-16)10-8-18(13-28-22)24-11-9-19(20(12-24)21(26)27)15-2-6-17(23)7-3-15/h2-3,6-7,16,18-20H,4-5,8-13H2,1H3,(H,26,27)/t18-,19+,20?,22-/m1/s1. The first-order valence-electron chi connectivity index (χ1n) is 10.3. The highest BCUT2D eigenvalue weighted by molar-refractivity contribution is 5.86. The first-order valence-corrected chi connectivity index (χ1v) is 10.3. The second-order valence-electron chi connectivity index (χ2n) is 8.61. The van der Waals surface area contributed by atoms with Gasteiger partial charge in [-0.2, -0.15) is 0 Å². The van der Waals surface area contributed by atoms with E-state index in [1.165, 1.54) is 12.1 Å². The summed E-state index contributed by atoms with van der Waals surface area (Å²) in [6.45, 7) is 3.37. The summed E-state index contributed by atoms with van der Waals surface area (Å²) in [5.74, 6) is -1.26. The van der Waals surface area contributed by atoms with Crippen LogP contribution in [0.2, 0.25) is 0 Å². The van der Waals surface area contributed by atoms with Crippen molar-refractivity contribution in [3.8, 4) is 0 Å². The zero-order valence-electron chi connectivity index (χ0n) is 16.3. The van der Waals surface area contributed by atoms with E-state index in [0.717, 1.165) is 44.2 Å². The lowest BCUT2D eigenvalue weighted by atomic mass is 9.79. The average Bonchev–Trinajstić information content (AvgIpc) is 3.54. The summed E-state index contributed by atoms with van der Waals surface area (Å²) in [7, 11) is 0. The minimum absolute atomic E-state index is 0.110. The van der Waals surface area contributed by atoms with Crippen molar-refractivity contribution in [3.05, 3.63) is 35.6 Å². The molecule has 2 heterocycles. The van der Waals surface area contributed by atoms with Gasteiger partial charge in [0, 0.05) is 12.6 Å². The Bertz CT molecular complexity index is 737. The van der Waals surface area contributed by atoms with Gasteiger partial charge in [-0.25, -0.2) is 4.39 Å². The summed E-state index contributed by atoms with van der Waals surface area (Å²) in [4.78, 5) is 26.4. The van der Waals surface area contributed by atoms with E-state index >= 15 is 0 Å². The molecule has 3 fully saturated rings. The second kappa shape index (κ2) is 7.56. The zero-order valence-corrected chi connectivity index (χ0v) is 16.3. The molecule has 5 nitrogen and oxygen atoms in total. The number of hydrogen-bond acceptors (Lipinski definition) is 4. The number of rotatable bonds is 5. The Morgan fingerprint density at radius 1 is 1.18 bits per heavy atom. The van der Waals surface area contributed by atoms with Crippen LogP contribution in [0.15, 0.2) is 24.3 Å². The fourth-order valence-corrected chi connectivity index (χ4v) is 5.17. The third kappa shape index (κ3) is 3.60. The Labute approximate surface area is 164 Å². The number of carboxylic acids is 1. The number of nitrogens with zero attached hydrogens (tertiary/aromatic N) is 1. The number of piperidine rings is 1. The van der Waals surface area contributed by atoms with Crippen LogP contribution in [-0.4, -0.2) is 53.1 Å². The highest BCUT2D eigenvalue weighted by atomic mass is 19.1. The number of carbonyl (C=O) groups excluding carboxylic acids is 1. The van der Waals surface area contributed by atoms with Gasteiger partial charge in [-0.3, -0.25) is 14.5 Å². The van der Waals surface area contributed by atoms with E-state index in [1.54, 1.807) is 19.1 Å². The van der Waals surface area contributed by atoms with Crippen LogP contribution in [0, 0.1) is 17.7 Å². The van der Waals surface area contributed by atoms with Crippen molar-refractivity contribution in [2.45, 2.75) is 56.6 Å². The van der Waals surface area contributed by atoms with Crippen molar-refractivity contribution < 1.29 is 23.8 Å². The molecule has 6 heteroatoms. The van der Waals surface area contributed by atoms with E-state index in [2.05, 4.69) is 4.90 Å². The SMILES string of the molecule is CC(=O)[C@@]1(C2CC2)CC[C@@H](N2CC[C@@H](c3ccc(F)cc3)C(C(=O)O)C2)CO1. The molecule has 1 aliphatic carbocycles. The molecule has 0 aromatic heterocycles. The number of carbonyl (C=O) groups is 2. The molecule has 0 spiro atoms. The molecular formula is C22H28FNO4. The highest BCUT2D eigenvalue weighted by Crippen LogP contribution is 2.47. The lowest BCUT2D eigenvalue weighted by Crippen LogP contribution is -2.55. The van der Waals surface area contributed by atoms with Crippen molar-refractivity contribution in [1.82, 2.24) is 4.90 Å². The van der Waals surface area contributed by atoms with Gasteiger partial charge in [-0.1, -0.05) is 12.1 Å². The van der Waals surface area contributed by atoms with Gasteiger partial charge >= 0.3 is 5.97 Å². The summed E-state index contributed by atoms with van der Waals surface area (Å²) >= 11 is 0. The molecule has 0 bridgehead atoms. The van der Waals surface area contributed by atoms with Gasteiger partial charge in [-0.05, 0) is 75.1 Å². The summed E-state index contributed by atoms with van der Waals surface area (Å²) in [5, 5.41) is 9.80. The largest absolute Gasteiger partial charge is 0.481 e. The Hall–Kier alpha value is -1.79. The van der Waals surface area contributed by atoms with Crippen molar-refractivity contribution in [2.75, 3.05) is 19.7 Å². The molecular weight excluding hydrogens is 361 g/mol. The van der Waals surface area contributed by atoms with Crippen LogP contribution < -0.4 is 0 Å². The van der Waals surface area contributed by atoms with E-state index in [0.29, 0.717) is 19.1 Å². The maximum Gasteiger partial charge on any atom is 0.308 e. The van der Waals surface area contributed by atoms with Crippen LogP contribution in [0.1, 0.15) is 50.5 Å². The van der Waals surface area contributed by atoms with Gasteiger partial charge < -0.3 is 9.84 Å². The van der Waals surface area contributed by atoms with Crippen molar-refractivity contribution in [1.29, 1.82) is 0 Å². The van der Waals surface area contributed by atoms with Crippen molar-refractivity contribution in [3.63, 3.8) is 0 Å². The molecule has 152 valence electrons. The van der Waals surface area contributed by atoms with Crippen LogP contribution in [0.5, 0.6) is 0 Å². The number of carboxylic acid groups (broad SMARTS) is 1. The van der Waals surface area contributed by atoms with Crippen LogP contribution in [0.4, 0.5) is 4.39 Å². The summed E-state index contributed by atoms with van der Waals surface area (Å²) in [6, 6.07) is 6.35. The van der Waals surface area contributed by atoms with E-state index in [4.69, 9.17) is 4.74 Å². The Morgan fingerprint density at radius 2 is 1.89 bits per heavy atom. The number of halogens is 1. The third-order valence-corrected chi connectivity index (χ3v) is 6.99. The number of likely N-dealkylation sites (tertiary alicyclic amines) is 1. The molecule has 1 N–H and O–H groups in total. The maximum atomic E-state index is 13.2. The van der Waals surface area contributed by atoms with Crippen LogP contribution in [0.3, 0.4) is 0 Å². The predicted molar refractivity (Wildman–Crippen MR) is 102 cm³/mol. The lowest BCUT2D eigenvalue weighted by Gasteiger charge is -2.46. The molecule has 28 heavy (non-hydrogen) atoms. The third-order valence-electron chi connectivity index (χ3n) is 6.99. The predicted octanol–water partition coefficient (Wildman–Crippen LogP) is 3.23. The minimum Gasteiger partial charge on any atom is -0.481 e. The number of aliphatic carboxylic acids is 1. The van der Waals surface area contributed by atoms with Gasteiger partial charge in [-0.15, -0.1) is 0 Å². The van der Waals surface area contributed by atoms with Crippen LogP contribution in [-0.2, 0) is 14.3 Å². The monoisotopic (exact) mass is 389 g/mol. The molecule has 1 aromatic rings. The lowest BCUT2D eigenvalue weighted by molar-refractivity contribution is -0.162. The molecule has 4 atom stereocenters. The minimum atomic E-state index is -0.813. The fourth-order valence-electron chi connectivity index (χ4n) is 5.17. The fraction of sp³-hybridized carbons (Fsp3) is 0.636. The van der Waals surface area contributed by atoms with E-state index in [9.17, 15) is 19.1 Å². The van der Waals surface area contributed by atoms with Crippen molar-refractivity contribution in [2.24, 2.45) is 11.8 Å². The highest BCUT2D eigenvalue weighted by Gasteiger charge is 2.52. The molecule has 1 aromatic carbocycles. The van der Waals surface area contributed by atoms with E-state index in [-0.39, 0.29) is 23.6 Å². The molecule has 2 aliphatic heterocycles. The number of benzene rings is 1. The van der Waals surface area contributed by atoms with E-state index in [1.807, 2.05) is 0 Å². The molecule has 4 rings (SSSR count). The van der Waals surface area contributed by atoms with Gasteiger partial charge in [0.05, 0.1) is 12.5 Å². The topological polar surface area (TPSA) is 66.8 Å². The molecule has 1 unspecified atom stereocenters. The Morgan fingerprint density at radius 3 is 2.43 bits per heavy atom. The number of ether oxygens (including phenoxy) is 1. The molecule has 0 radical (unpaired) electrons. The molecule has 3 aliphatic rings. The van der Waals surface area contributed by atoms with Gasteiger partial charge in [0.2, 0.25) is 0 Å². The molecule has 1 saturated carbocycles. The maximum absolute atomic E-state index is 13.2. The van der Waals surface area contributed by atoms with Gasteiger partial charge in [0.25, 0.3) is 0 Å². The zero-order chi connectivity index (χ0) is 19.9. The van der Waals surface area contributed by atoms with E-state index < -0.39 is 17.5 Å². The quantitative estimate of drug-likeness (QED) is 0.838.